The second-order valence-electron chi connectivity index (χ2n) is 5.25. The summed E-state index contributed by atoms with van der Waals surface area (Å²) in [6.07, 6.45) is 0.978. The predicted molar refractivity (Wildman–Crippen MR) is 100 cm³/mol. The van der Waals surface area contributed by atoms with Crippen molar-refractivity contribution >= 4 is 17.3 Å². The number of hydrogen-bond acceptors (Lipinski definition) is 4. The smallest absolute Gasteiger partial charge is 0.191 e. The monoisotopic (exact) mass is 346 g/mol. The van der Waals surface area contributed by atoms with Crippen molar-refractivity contribution in [3.8, 4) is 0 Å². The predicted octanol–water partition coefficient (Wildman–Crippen LogP) is 2.98. The molecule has 1 aromatic carbocycles. The number of guanidine groups is 1. The SMILES string of the molecule is CCNC(=NCc1csc(CC)n1)NCCOCc1ccccc1. The number of nitrogens with zero attached hydrogens (tertiary/aromatic N) is 2. The Kier molecular flexibility index (Phi) is 8.27. The van der Waals surface area contributed by atoms with Gasteiger partial charge >= 0.3 is 0 Å². The van der Waals surface area contributed by atoms with Crippen LogP contribution in [-0.2, 0) is 24.3 Å². The number of thiazole rings is 1. The van der Waals surface area contributed by atoms with Gasteiger partial charge in [-0.2, -0.15) is 0 Å². The number of aliphatic imine (C=N–C) groups is 1. The van der Waals surface area contributed by atoms with Crippen LogP contribution in [0.1, 0.15) is 30.1 Å². The third kappa shape index (κ3) is 6.68. The van der Waals surface area contributed by atoms with Gasteiger partial charge in [-0.05, 0) is 18.9 Å². The second-order valence-corrected chi connectivity index (χ2v) is 6.19. The van der Waals surface area contributed by atoms with Crippen molar-refractivity contribution in [3.63, 3.8) is 0 Å². The van der Waals surface area contributed by atoms with E-state index in [0.717, 1.165) is 36.2 Å². The van der Waals surface area contributed by atoms with Crippen molar-refractivity contribution in [3.05, 3.63) is 52.0 Å². The number of aromatic nitrogens is 1. The largest absolute Gasteiger partial charge is 0.375 e. The maximum absolute atomic E-state index is 5.67. The highest BCUT2D eigenvalue weighted by Gasteiger charge is 2.01. The van der Waals surface area contributed by atoms with E-state index in [-0.39, 0.29) is 0 Å². The molecule has 0 bridgehead atoms. The Morgan fingerprint density at radius 1 is 1.21 bits per heavy atom. The van der Waals surface area contributed by atoms with E-state index in [2.05, 4.69) is 52.0 Å². The lowest BCUT2D eigenvalue weighted by Gasteiger charge is -2.11. The topological polar surface area (TPSA) is 58.5 Å². The molecular weight excluding hydrogens is 320 g/mol. The highest BCUT2D eigenvalue weighted by atomic mass is 32.1. The van der Waals surface area contributed by atoms with Crippen LogP contribution in [0, 0.1) is 0 Å². The van der Waals surface area contributed by atoms with E-state index >= 15 is 0 Å². The summed E-state index contributed by atoms with van der Waals surface area (Å²) in [4.78, 5) is 9.11. The summed E-state index contributed by atoms with van der Waals surface area (Å²) in [5, 5.41) is 9.77. The zero-order valence-electron chi connectivity index (χ0n) is 14.4. The molecule has 0 amide bonds. The van der Waals surface area contributed by atoms with Crippen LogP contribution in [0.2, 0.25) is 0 Å². The first-order valence-corrected chi connectivity index (χ1v) is 9.27. The minimum Gasteiger partial charge on any atom is -0.375 e. The van der Waals surface area contributed by atoms with Gasteiger partial charge in [-0.25, -0.2) is 9.98 Å². The zero-order valence-corrected chi connectivity index (χ0v) is 15.2. The molecule has 5 nitrogen and oxygen atoms in total. The van der Waals surface area contributed by atoms with Gasteiger partial charge in [0.2, 0.25) is 0 Å². The number of hydrogen-bond donors (Lipinski definition) is 2. The van der Waals surface area contributed by atoms with Crippen LogP contribution in [0.15, 0.2) is 40.7 Å². The summed E-state index contributed by atoms with van der Waals surface area (Å²) in [5.74, 6) is 0.798. The van der Waals surface area contributed by atoms with Crippen molar-refractivity contribution in [2.45, 2.75) is 33.4 Å². The number of aryl methyl sites for hydroxylation is 1. The van der Waals surface area contributed by atoms with Gasteiger partial charge in [0.25, 0.3) is 0 Å². The first-order chi connectivity index (χ1) is 11.8. The molecular formula is C18H26N4OS. The molecule has 6 heteroatoms. The van der Waals surface area contributed by atoms with Gasteiger partial charge in [-0.3, -0.25) is 0 Å². The summed E-state index contributed by atoms with van der Waals surface area (Å²) in [6, 6.07) is 10.2. The van der Waals surface area contributed by atoms with Gasteiger partial charge in [-0.1, -0.05) is 37.3 Å². The van der Waals surface area contributed by atoms with Crippen molar-refractivity contribution < 1.29 is 4.74 Å². The minimum absolute atomic E-state index is 0.594. The molecule has 2 aromatic rings. The Labute approximate surface area is 148 Å². The molecule has 0 saturated heterocycles. The highest BCUT2D eigenvalue weighted by Crippen LogP contribution is 2.10. The molecule has 0 aliphatic rings. The molecule has 0 aliphatic heterocycles. The van der Waals surface area contributed by atoms with Crippen molar-refractivity contribution in [2.75, 3.05) is 19.7 Å². The normalized spacial score (nSPS) is 11.5. The molecule has 2 rings (SSSR count). The Morgan fingerprint density at radius 3 is 2.75 bits per heavy atom. The average molecular weight is 347 g/mol. The summed E-state index contributed by atoms with van der Waals surface area (Å²) in [6.45, 7) is 7.58. The third-order valence-electron chi connectivity index (χ3n) is 3.30. The van der Waals surface area contributed by atoms with Gasteiger partial charge < -0.3 is 15.4 Å². The van der Waals surface area contributed by atoms with Gasteiger partial charge in [0.1, 0.15) is 0 Å². The molecule has 0 radical (unpaired) electrons. The maximum atomic E-state index is 5.67. The molecule has 0 aliphatic carbocycles. The standard InChI is InChI=1S/C18H26N4OS/c1-3-17-22-16(14-24-17)12-21-18(19-4-2)20-10-11-23-13-15-8-6-5-7-9-15/h5-9,14H,3-4,10-13H2,1-2H3,(H2,19,20,21). The van der Waals surface area contributed by atoms with E-state index in [9.17, 15) is 0 Å². The summed E-state index contributed by atoms with van der Waals surface area (Å²) < 4.78 is 5.67. The first-order valence-electron chi connectivity index (χ1n) is 8.39. The first kappa shape index (κ1) is 18.4. The van der Waals surface area contributed by atoms with E-state index in [1.54, 1.807) is 11.3 Å². The minimum atomic E-state index is 0.594. The molecule has 2 N–H and O–H groups in total. The van der Waals surface area contributed by atoms with E-state index in [0.29, 0.717) is 19.8 Å². The van der Waals surface area contributed by atoms with E-state index < -0.39 is 0 Å². The lowest BCUT2D eigenvalue weighted by atomic mass is 10.2. The molecule has 0 unspecified atom stereocenters. The molecule has 0 saturated carbocycles. The van der Waals surface area contributed by atoms with E-state index in [1.165, 1.54) is 5.56 Å². The molecule has 24 heavy (non-hydrogen) atoms. The van der Waals surface area contributed by atoms with Crippen molar-refractivity contribution in [2.24, 2.45) is 4.99 Å². The molecule has 0 spiro atoms. The molecule has 0 fully saturated rings. The Balaban J connectivity index is 1.71. The Bertz CT molecular complexity index is 612. The Hall–Kier alpha value is -1.92. The zero-order chi connectivity index (χ0) is 17.0. The van der Waals surface area contributed by atoms with Crippen molar-refractivity contribution in [1.29, 1.82) is 0 Å². The summed E-state index contributed by atoms with van der Waals surface area (Å²) in [7, 11) is 0. The molecule has 0 atom stereocenters. The lowest BCUT2D eigenvalue weighted by Crippen LogP contribution is -2.39. The van der Waals surface area contributed by atoms with Crippen LogP contribution in [0.5, 0.6) is 0 Å². The van der Waals surface area contributed by atoms with Gasteiger partial charge in [0.15, 0.2) is 5.96 Å². The molecule has 1 heterocycles. The van der Waals surface area contributed by atoms with Gasteiger partial charge in [-0.15, -0.1) is 11.3 Å². The van der Waals surface area contributed by atoms with Crippen molar-refractivity contribution in [1.82, 2.24) is 15.6 Å². The fourth-order valence-electron chi connectivity index (χ4n) is 2.09. The van der Waals surface area contributed by atoms with E-state index in [1.807, 2.05) is 18.2 Å². The second kappa shape index (κ2) is 10.8. The fraction of sp³-hybridized carbons (Fsp3) is 0.444. The summed E-state index contributed by atoms with van der Waals surface area (Å²) >= 11 is 1.70. The number of nitrogens with one attached hydrogen (secondary N) is 2. The van der Waals surface area contributed by atoms with Gasteiger partial charge in [0.05, 0.1) is 30.5 Å². The van der Waals surface area contributed by atoms with Crippen LogP contribution in [0.25, 0.3) is 0 Å². The summed E-state index contributed by atoms with van der Waals surface area (Å²) in [5.41, 5.74) is 2.21. The average Bonchev–Trinajstić information content (AvgIpc) is 3.08. The quantitative estimate of drug-likeness (QED) is 0.416. The van der Waals surface area contributed by atoms with Crippen LogP contribution in [0.3, 0.4) is 0 Å². The Morgan fingerprint density at radius 2 is 2.04 bits per heavy atom. The maximum Gasteiger partial charge on any atom is 0.191 e. The van der Waals surface area contributed by atoms with Crippen LogP contribution in [0.4, 0.5) is 0 Å². The number of benzene rings is 1. The molecule has 130 valence electrons. The number of rotatable bonds is 9. The molecule has 1 aromatic heterocycles. The van der Waals surface area contributed by atoms with Crippen LogP contribution in [-0.4, -0.2) is 30.6 Å². The fourth-order valence-corrected chi connectivity index (χ4v) is 2.83. The number of ether oxygens (including phenoxy) is 1. The van der Waals surface area contributed by atoms with Crippen LogP contribution >= 0.6 is 11.3 Å². The highest BCUT2D eigenvalue weighted by molar-refractivity contribution is 7.09. The van der Waals surface area contributed by atoms with Gasteiger partial charge in [0, 0.05) is 18.5 Å². The van der Waals surface area contributed by atoms with Crippen LogP contribution < -0.4 is 10.6 Å². The third-order valence-corrected chi connectivity index (χ3v) is 4.34. The van der Waals surface area contributed by atoms with E-state index in [4.69, 9.17) is 4.74 Å². The lowest BCUT2D eigenvalue weighted by molar-refractivity contribution is 0.125.